The van der Waals surface area contributed by atoms with Crippen molar-refractivity contribution in [2.75, 3.05) is 7.11 Å². The molecule has 3 rings (SSSR count). The average Bonchev–Trinajstić information content (AvgIpc) is 2.93. The number of allylic oxidation sites excluding steroid dienone is 1. The summed E-state index contributed by atoms with van der Waals surface area (Å²) in [5.41, 5.74) is 2.59. The highest BCUT2D eigenvalue weighted by Crippen LogP contribution is 2.36. The van der Waals surface area contributed by atoms with Gasteiger partial charge < -0.3 is 9.84 Å². The van der Waals surface area contributed by atoms with Crippen molar-refractivity contribution >= 4 is 34.9 Å². The lowest BCUT2D eigenvalue weighted by atomic mass is 10.1. The summed E-state index contributed by atoms with van der Waals surface area (Å²) in [5, 5.41) is 9.58. The largest absolute Gasteiger partial charge is 0.497 e. The number of thiazole rings is 1. The Morgan fingerprint density at radius 1 is 1.47 bits per heavy atom. The van der Waals surface area contributed by atoms with Crippen LogP contribution in [0.15, 0.2) is 28.0 Å². The van der Waals surface area contributed by atoms with Crippen molar-refractivity contribution < 1.29 is 9.84 Å². The molecule has 0 aliphatic carbocycles. The Morgan fingerprint density at radius 2 is 2.32 bits per heavy atom. The number of nitrogens with zero attached hydrogens (tertiary/aromatic N) is 1. The topological polar surface area (TPSA) is 74.7 Å². The van der Waals surface area contributed by atoms with E-state index in [1.54, 1.807) is 19.4 Å². The van der Waals surface area contributed by atoms with Crippen molar-refractivity contribution in [1.29, 1.82) is 0 Å². The molecule has 2 N–H and O–H groups in total. The molecule has 0 atom stereocenters. The van der Waals surface area contributed by atoms with Gasteiger partial charge in [-0.1, -0.05) is 11.3 Å². The molecule has 0 bridgehead atoms. The Balaban J connectivity index is 2.08. The molecule has 5 nitrogen and oxygen atoms in total. The first-order valence-electron chi connectivity index (χ1n) is 5.53. The fourth-order valence-corrected chi connectivity index (χ4v) is 2.56. The van der Waals surface area contributed by atoms with Crippen molar-refractivity contribution in [3.05, 3.63) is 38.3 Å². The Morgan fingerprint density at radius 3 is 3.00 bits per heavy atom. The molecule has 2 heterocycles. The standard InChI is InChI=1S/C13H10N2O3S/c1-18-8-2-3-10-9(5-8)7(6-14-10)4-11-12(16)15-13(17)19-11/h2-6,16H,1H3,(H,15,17). The fraction of sp³-hybridized carbons (Fsp3) is 0.0769. The van der Waals surface area contributed by atoms with Gasteiger partial charge in [-0.25, -0.2) is 0 Å². The molecule has 0 spiro atoms. The lowest BCUT2D eigenvalue weighted by molar-refractivity contribution is 0.415. The first kappa shape index (κ1) is 11.7. The van der Waals surface area contributed by atoms with Crippen molar-refractivity contribution in [3.63, 3.8) is 0 Å². The van der Waals surface area contributed by atoms with E-state index in [1.165, 1.54) is 0 Å². The highest BCUT2D eigenvalue weighted by Gasteiger charge is 2.14. The molecule has 0 fully saturated rings. The molecule has 1 aliphatic heterocycles. The van der Waals surface area contributed by atoms with E-state index in [4.69, 9.17) is 4.74 Å². The number of H-pyrrole nitrogens is 1. The second-order valence-corrected chi connectivity index (χ2v) is 4.98. The summed E-state index contributed by atoms with van der Waals surface area (Å²) in [4.78, 5) is 18.0. The minimum absolute atomic E-state index is 0.118. The minimum Gasteiger partial charge on any atom is -0.497 e. The van der Waals surface area contributed by atoms with Crippen LogP contribution < -0.4 is 9.61 Å². The maximum atomic E-state index is 11.2. The van der Waals surface area contributed by atoms with Gasteiger partial charge in [0.05, 0.1) is 17.7 Å². The molecule has 19 heavy (non-hydrogen) atoms. The number of aromatic hydroxyl groups is 1. The van der Waals surface area contributed by atoms with Gasteiger partial charge in [-0.2, -0.15) is 0 Å². The molecule has 2 aromatic rings. The zero-order valence-corrected chi connectivity index (χ0v) is 10.8. The Bertz CT molecular complexity index is 755. The summed E-state index contributed by atoms with van der Waals surface area (Å²) in [6.45, 7) is 0. The smallest absolute Gasteiger partial charge is 0.307 e. The van der Waals surface area contributed by atoms with E-state index in [2.05, 4.69) is 9.98 Å². The number of hydrogen-bond acceptors (Lipinski definition) is 5. The van der Waals surface area contributed by atoms with Crippen molar-refractivity contribution in [2.24, 2.45) is 4.99 Å². The highest BCUT2D eigenvalue weighted by molar-refractivity contribution is 7.10. The van der Waals surface area contributed by atoms with Crippen LogP contribution in [0.3, 0.4) is 0 Å². The van der Waals surface area contributed by atoms with Crippen molar-refractivity contribution in [1.82, 2.24) is 4.98 Å². The molecule has 1 aromatic heterocycles. The van der Waals surface area contributed by atoms with E-state index in [-0.39, 0.29) is 10.8 Å². The van der Waals surface area contributed by atoms with Gasteiger partial charge in [-0.05, 0) is 24.3 Å². The molecule has 1 aromatic carbocycles. The Hall–Kier alpha value is -2.34. The molecule has 96 valence electrons. The number of hydrogen-bond donors (Lipinski definition) is 2. The number of aliphatic imine (C=N–C) groups is 1. The molecule has 0 saturated carbocycles. The first-order valence-corrected chi connectivity index (χ1v) is 6.35. The van der Waals surface area contributed by atoms with Crippen LogP contribution in [0.25, 0.3) is 11.6 Å². The van der Waals surface area contributed by atoms with Crippen LogP contribution in [-0.4, -0.2) is 23.4 Å². The van der Waals surface area contributed by atoms with Crippen molar-refractivity contribution in [3.8, 4) is 11.6 Å². The van der Waals surface area contributed by atoms with Crippen LogP contribution in [0, 0.1) is 0 Å². The summed E-state index contributed by atoms with van der Waals surface area (Å²) < 4.78 is 5.18. The van der Waals surface area contributed by atoms with Gasteiger partial charge >= 0.3 is 4.87 Å². The van der Waals surface area contributed by atoms with E-state index in [0.717, 1.165) is 33.9 Å². The average molecular weight is 274 g/mol. The van der Waals surface area contributed by atoms with Crippen LogP contribution >= 0.6 is 11.3 Å². The van der Waals surface area contributed by atoms with Crippen LogP contribution in [-0.2, 0) is 0 Å². The summed E-state index contributed by atoms with van der Waals surface area (Å²) in [6, 6.07) is 5.58. The fourth-order valence-electron chi connectivity index (χ4n) is 1.88. The van der Waals surface area contributed by atoms with Gasteiger partial charge in [0.15, 0.2) is 0 Å². The molecule has 0 saturated heterocycles. The normalized spacial score (nSPS) is 14.9. The van der Waals surface area contributed by atoms with Gasteiger partial charge in [0, 0.05) is 17.4 Å². The summed E-state index contributed by atoms with van der Waals surface area (Å²) in [5.74, 6) is 0.619. The molecular weight excluding hydrogens is 264 g/mol. The lowest BCUT2D eigenvalue weighted by Gasteiger charge is -2.03. The third-order valence-electron chi connectivity index (χ3n) is 2.80. The highest BCUT2D eigenvalue weighted by atomic mass is 32.1. The zero-order chi connectivity index (χ0) is 13.4. The molecule has 0 radical (unpaired) electrons. The number of methoxy groups -OCH3 is 1. The van der Waals surface area contributed by atoms with Crippen molar-refractivity contribution in [2.45, 2.75) is 0 Å². The molecular formula is C13H10N2O3S. The van der Waals surface area contributed by atoms with Crippen LogP contribution in [0.2, 0.25) is 0 Å². The van der Waals surface area contributed by atoms with Crippen LogP contribution in [0.1, 0.15) is 10.4 Å². The predicted molar refractivity (Wildman–Crippen MR) is 75.6 cm³/mol. The van der Waals surface area contributed by atoms with E-state index >= 15 is 0 Å². The van der Waals surface area contributed by atoms with Gasteiger partial charge in [0.25, 0.3) is 0 Å². The zero-order valence-electron chi connectivity index (χ0n) is 10.0. The quantitative estimate of drug-likeness (QED) is 0.883. The maximum absolute atomic E-state index is 11.2. The van der Waals surface area contributed by atoms with Gasteiger partial charge in [-0.3, -0.25) is 14.8 Å². The Kier molecular flexibility index (Phi) is 2.72. The minimum atomic E-state index is -0.287. The SMILES string of the molecule is COc1ccc2c(c1)C(=Cc1sc(=O)[nH]c1O)C=N2. The van der Waals surface area contributed by atoms with E-state index in [1.807, 2.05) is 18.2 Å². The maximum Gasteiger partial charge on any atom is 0.307 e. The van der Waals surface area contributed by atoms with E-state index in [0.29, 0.717) is 4.88 Å². The second-order valence-electron chi connectivity index (χ2n) is 3.97. The number of benzene rings is 1. The Labute approximate surface area is 112 Å². The predicted octanol–water partition coefficient (Wildman–Crippen LogP) is 2.41. The van der Waals surface area contributed by atoms with E-state index in [9.17, 15) is 9.90 Å². The lowest BCUT2D eigenvalue weighted by Crippen LogP contribution is -1.89. The van der Waals surface area contributed by atoms with Gasteiger partial charge in [0.2, 0.25) is 5.88 Å². The molecule has 0 unspecified atom stereocenters. The molecule has 1 aliphatic rings. The number of rotatable bonds is 2. The monoisotopic (exact) mass is 274 g/mol. The third-order valence-corrected chi connectivity index (χ3v) is 3.62. The number of aromatic nitrogens is 1. The van der Waals surface area contributed by atoms with E-state index < -0.39 is 0 Å². The van der Waals surface area contributed by atoms with Gasteiger partial charge in [0.1, 0.15) is 5.75 Å². The summed E-state index contributed by atoms with van der Waals surface area (Å²) in [7, 11) is 1.60. The number of nitrogens with one attached hydrogen (secondary N) is 1. The number of aromatic amines is 1. The second kappa shape index (κ2) is 4.40. The summed E-state index contributed by atoms with van der Waals surface area (Å²) >= 11 is 0.955. The molecule has 6 heteroatoms. The van der Waals surface area contributed by atoms with Crippen LogP contribution in [0.4, 0.5) is 5.69 Å². The van der Waals surface area contributed by atoms with Crippen LogP contribution in [0.5, 0.6) is 11.6 Å². The number of ether oxygens (including phenoxy) is 1. The third kappa shape index (κ3) is 2.06. The van der Waals surface area contributed by atoms with Gasteiger partial charge in [-0.15, -0.1) is 0 Å². The first-order chi connectivity index (χ1) is 9.17. The number of fused-ring (bicyclic) bond motifs is 1. The molecule has 0 amide bonds. The summed E-state index contributed by atoms with van der Waals surface area (Å²) in [6.07, 6.45) is 3.43.